The monoisotopic (exact) mass is 278 g/mol. The molecule has 104 valence electrons. The molecule has 0 atom stereocenters. The molecule has 0 spiro atoms. The largest absolute Gasteiger partial charge is 0.481 e. The molecule has 0 aliphatic rings. The minimum absolute atomic E-state index is 0.426. The Kier molecular flexibility index (Phi) is 3.47. The highest BCUT2D eigenvalue weighted by Crippen LogP contribution is 2.23. The first kappa shape index (κ1) is 13.1. The average molecular weight is 278 g/mol. The summed E-state index contributed by atoms with van der Waals surface area (Å²) in [7, 11) is 1.58. The first-order valence-corrected chi connectivity index (χ1v) is 6.46. The highest BCUT2D eigenvalue weighted by Gasteiger charge is 2.07. The zero-order chi connectivity index (χ0) is 14.7. The number of rotatable bonds is 3. The molecule has 0 unspecified atom stereocenters. The number of nitrogens with zero attached hydrogens (tertiary/aromatic N) is 3. The maximum atomic E-state index is 5.89. The van der Waals surface area contributed by atoms with Crippen molar-refractivity contribution >= 4 is 5.82 Å². The Hall–Kier alpha value is -2.95. The van der Waals surface area contributed by atoms with Gasteiger partial charge >= 0.3 is 0 Å². The highest BCUT2D eigenvalue weighted by molar-refractivity contribution is 5.66. The Morgan fingerprint density at radius 3 is 2.43 bits per heavy atom. The number of aromatic nitrogens is 3. The molecule has 0 aliphatic heterocycles. The molecule has 0 saturated heterocycles. The summed E-state index contributed by atoms with van der Waals surface area (Å²) in [5.41, 5.74) is 8.47. The lowest BCUT2D eigenvalue weighted by atomic mass is 10.1. The van der Waals surface area contributed by atoms with Gasteiger partial charge in [-0.2, -0.15) is 0 Å². The quantitative estimate of drug-likeness (QED) is 0.797. The molecule has 0 radical (unpaired) electrons. The summed E-state index contributed by atoms with van der Waals surface area (Å²) in [6.45, 7) is 0. The third-order valence-corrected chi connectivity index (χ3v) is 3.02. The summed E-state index contributed by atoms with van der Waals surface area (Å²) in [6, 6.07) is 15.2. The Labute approximate surface area is 122 Å². The second-order valence-corrected chi connectivity index (χ2v) is 4.46. The Balaban J connectivity index is 2.05. The van der Waals surface area contributed by atoms with Crippen molar-refractivity contribution in [2.75, 3.05) is 12.8 Å². The van der Waals surface area contributed by atoms with Gasteiger partial charge in [0.05, 0.1) is 12.8 Å². The topological polar surface area (TPSA) is 73.9 Å². The van der Waals surface area contributed by atoms with E-state index in [4.69, 9.17) is 10.5 Å². The Morgan fingerprint density at radius 1 is 0.952 bits per heavy atom. The number of ether oxygens (including phenoxy) is 1. The molecule has 21 heavy (non-hydrogen) atoms. The van der Waals surface area contributed by atoms with Crippen molar-refractivity contribution in [1.82, 2.24) is 15.0 Å². The predicted molar refractivity (Wildman–Crippen MR) is 81.7 cm³/mol. The molecule has 2 N–H and O–H groups in total. The number of anilines is 1. The van der Waals surface area contributed by atoms with Gasteiger partial charge in [-0.05, 0) is 6.07 Å². The molecule has 0 bridgehead atoms. The van der Waals surface area contributed by atoms with Crippen molar-refractivity contribution in [1.29, 1.82) is 0 Å². The first-order valence-electron chi connectivity index (χ1n) is 6.46. The van der Waals surface area contributed by atoms with Gasteiger partial charge in [0.25, 0.3) is 0 Å². The van der Waals surface area contributed by atoms with Gasteiger partial charge in [0.15, 0.2) is 5.82 Å². The molecule has 3 rings (SSSR count). The summed E-state index contributed by atoms with van der Waals surface area (Å²) in [5, 5.41) is 0. The molecule has 0 amide bonds. The highest BCUT2D eigenvalue weighted by atomic mass is 16.5. The van der Waals surface area contributed by atoms with Gasteiger partial charge in [0.1, 0.15) is 5.82 Å². The molecule has 2 aromatic heterocycles. The fourth-order valence-corrected chi connectivity index (χ4v) is 1.99. The molecule has 0 fully saturated rings. The minimum atomic E-state index is 0.426. The van der Waals surface area contributed by atoms with Crippen LogP contribution in [0.25, 0.3) is 22.6 Å². The van der Waals surface area contributed by atoms with Crippen LogP contribution in [0.5, 0.6) is 5.88 Å². The number of nitrogen functional groups attached to an aromatic ring is 1. The van der Waals surface area contributed by atoms with Gasteiger partial charge < -0.3 is 10.5 Å². The van der Waals surface area contributed by atoms with Crippen LogP contribution < -0.4 is 10.5 Å². The van der Waals surface area contributed by atoms with Crippen molar-refractivity contribution in [3.63, 3.8) is 0 Å². The van der Waals surface area contributed by atoms with Gasteiger partial charge in [-0.3, -0.25) is 0 Å². The number of hydrogen-bond donors (Lipinski definition) is 1. The van der Waals surface area contributed by atoms with Gasteiger partial charge in [-0.1, -0.05) is 30.3 Å². The van der Waals surface area contributed by atoms with Crippen molar-refractivity contribution in [2.45, 2.75) is 0 Å². The summed E-state index contributed by atoms with van der Waals surface area (Å²) >= 11 is 0. The summed E-state index contributed by atoms with van der Waals surface area (Å²) in [4.78, 5) is 13.0. The normalized spacial score (nSPS) is 10.3. The fourth-order valence-electron chi connectivity index (χ4n) is 1.99. The van der Waals surface area contributed by atoms with Crippen molar-refractivity contribution in [2.24, 2.45) is 0 Å². The lowest BCUT2D eigenvalue weighted by Gasteiger charge is -2.06. The number of benzene rings is 1. The van der Waals surface area contributed by atoms with E-state index in [1.54, 1.807) is 25.4 Å². The van der Waals surface area contributed by atoms with E-state index >= 15 is 0 Å². The molecule has 0 aliphatic carbocycles. The molecule has 3 aromatic rings. The molecule has 5 heteroatoms. The van der Waals surface area contributed by atoms with Crippen LogP contribution in [0.15, 0.2) is 54.7 Å². The van der Waals surface area contributed by atoms with E-state index in [0.717, 1.165) is 16.8 Å². The predicted octanol–water partition coefficient (Wildman–Crippen LogP) is 2.80. The van der Waals surface area contributed by atoms with E-state index in [1.165, 1.54) is 0 Å². The van der Waals surface area contributed by atoms with Crippen LogP contribution in [0.3, 0.4) is 0 Å². The van der Waals surface area contributed by atoms with Gasteiger partial charge in [-0.15, -0.1) is 0 Å². The van der Waals surface area contributed by atoms with Crippen LogP contribution in [-0.2, 0) is 0 Å². The summed E-state index contributed by atoms with van der Waals surface area (Å²) in [6.07, 6.45) is 1.67. The van der Waals surface area contributed by atoms with E-state index in [-0.39, 0.29) is 0 Å². The number of methoxy groups -OCH3 is 1. The SMILES string of the molecule is COc1ccc(-c2nc(N)cc(-c3ccccc3)n2)cn1. The Bertz CT molecular complexity index is 742. The van der Waals surface area contributed by atoms with Gasteiger partial charge in [0.2, 0.25) is 5.88 Å². The zero-order valence-corrected chi connectivity index (χ0v) is 11.5. The average Bonchev–Trinajstić information content (AvgIpc) is 2.55. The van der Waals surface area contributed by atoms with Crippen LogP contribution in [0.1, 0.15) is 0 Å². The molecule has 1 aromatic carbocycles. The number of nitrogens with two attached hydrogens (primary N) is 1. The van der Waals surface area contributed by atoms with E-state index in [9.17, 15) is 0 Å². The van der Waals surface area contributed by atoms with Crippen molar-refractivity contribution in [3.8, 4) is 28.5 Å². The third-order valence-electron chi connectivity index (χ3n) is 3.02. The molecule has 2 heterocycles. The summed E-state index contributed by atoms with van der Waals surface area (Å²) in [5.74, 6) is 1.52. The summed E-state index contributed by atoms with van der Waals surface area (Å²) < 4.78 is 5.05. The standard InChI is InChI=1S/C16H14N4O/c1-21-15-8-7-12(10-18-15)16-19-13(9-14(17)20-16)11-5-3-2-4-6-11/h2-10H,1H3,(H2,17,19,20). The van der Waals surface area contributed by atoms with Gasteiger partial charge in [0, 0.05) is 29.5 Å². The van der Waals surface area contributed by atoms with Crippen LogP contribution in [0.2, 0.25) is 0 Å². The van der Waals surface area contributed by atoms with Gasteiger partial charge in [-0.25, -0.2) is 15.0 Å². The number of pyridine rings is 1. The second kappa shape index (κ2) is 5.58. The molecular weight excluding hydrogens is 264 g/mol. The second-order valence-electron chi connectivity index (χ2n) is 4.46. The van der Waals surface area contributed by atoms with E-state index in [0.29, 0.717) is 17.5 Å². The molecule has 0 saturated carbocycles. The zero-order valence-electron chi connectivity index (χ0n) is 11.5. The van der Waals surface area contributed by atoms with Crippen LogP contribution in [-0.4, -0.2) is 22.1 Å². The lowest BCUT2D eigenvalue weighted by Crippen LogP contribution is -1.98. The maximum absolute atomic E-state index is 5.89. The number of hydrogen-bond acceptors (Lipinski definition) is 5. The van der Waals surface area contributed by atoms with Crippen molar-refractivity contribution in [3.05, 3.63) is 54.7 Å². The smallest absolute Gasteiger partial charge is 0.212 e. The van der Waals surface area contributed by atoms with Crippen LogP contribution in [0.4, 0.5) is 5.82 Å². The maximum Gasteiger partial charge on any atom is 0.212 e. The minimum Gasteiger partial charge on any atom is -0.481 e. The Morgan fingerprint density at radius 2 is 1.76 bits per heavy atom. The van der Waals surface area contributed by atoms with E-state index in [2.05, 4.69) is 15.0 Å². The fraction of sp³-hybridized carbons (Fsp3) is 0.0625. The van der Waals surface area contributed by atoms with Crippen molar-refractivity contribution < 1.29 is 4.74 Å². The lowest BCUT2D eigenvalue weighted by molar-refractivity contribution is 0.398. The third kappa shape index (κ3) is 2.81. The van der Waals surface area contributed by atoms with Crippen LogP contribution in [0, 0.1) is 0 Å². The molecule has 5 nitrogen and oxygen atoms in total. The van der Waals surface area contributed by atoms with E-state index in [1.807, 2.05) is 36.4 Å². The molecular formula is C16H14N4O. The van der Waals surface area contributed by atoms with Crippen LogP contribution >= 0.6 is 0 Å². The van der Waals surface area contributed by atoms with E-state index < -0.39 is 0 Å². The first-order chi connectivity index (χ1) is 10.3.